The molecule has 2 rings (SSSR count). The monoisotopic (exact) mass is 222 g/mol. The molecule has 0 unspecified atom stereocenters. The lowest BCUT2D eigenvalue weighted by atomic mass is 10.2. The van der Waals surface area contributed by atoms with E-state index in [0.717, 1.165) is 10.9 Å². The number of carboxylic acid groups (broad SMARTS) is 1. The second-order valence-electron chi connectivity index (χ2n) is 3.21. The minimum atomic E-state index is -1.15. The summed E-state index contributed by atoms with van der Waals surface area (Å²) < 4.78 is 14.2. The van der Waals surface area contributed by atoms with E-state index in [9.17, 15) is 14.0 Å². The molecule has 5 nitrogen and oxygen atoms in total. The van der Waals surface area contributed by atoms with Gasteiger partial charge in [0.25, 0.3) is 5.56 Å². The molecule has 6 heteroatoms. The first kappa shape index (κ1) is 10.3. The molecular formula is C10H7FN2O3. The van der Waals surface area contributed by atoms with Crippen molar-refractivity contribution in [2.24, 2.45) is 0 Å². The Hall–Kier alpha value is -2.24. The summed E-state index contributed by atoms with van der Waals surface area (Å²) in [6.07, 6.45) is 1.03. The Kier molecular flexibility index (Phi) is 2.40. The van der Waals surface area contributed by atoms with Crippen LogP contribution in [0.1, 0.15) is 0 Å². The molecule has 16 heavy (non-hydrogen) atoms. The van der Waals surface area contributed by atoms with Crippen molar-refractivity contribution in [2.45, 2.75) is 6.54 Å². The summed E-state index contributed by atoms with van der Waals surface area (Å²) in [5.74, 6) is -1.75. The molecule has 0 atom stereocenters. The third-order valence-corrected chi connectivity index (χ3v) is 2.11. The number of rotatable bonds is 2. The fraction of sp³-hybridized carbons (Fsp3) is 0.100. The van der Waals surface area contributed by atoms with E-state index in [2.05, 4.69) is 4.98 Å². The normalized spacial score (nSPS) is 10.6. The van der Waals surface area contributed by atoms with Crippen molar-refractivity contribution in [2.75, 3.05) is 0 Å². The summed E-state index contributed by atoms with van der Waals surface area (Å²) in [6.45, 7) is -0.488. The van der Waals surface area contributed by atoms with E-state index < -0.39 is 23.9 Å². The molecule has 0 aliphatic carbocycles. The molecule has 0 aliphatic heterocycles. The Morgan fingerprint density at radius 3 is 2.94 bits per heavy atom. The number of aliphatic carboxylic acids is 1. The first-order valence-corrected chi connectivity index (χ1v) is 4.45. The Balaban J connectivity index is 2.71. The zero-order valence-electron chi connectivity index (χ0n) is 8.05. The van der Waals surface area contributed by atoms with Crippen LogP contribution < -0.4 is 5.56 Å². The average molecular weight is 222 g/mol. The Morgan fingerprint density at radius 1 is 1.50 bits per heavy atom. The van der Waals surface area contributed by atoms with E-state index in [1.807, 2.05) is 0 Å². The maximum absolute atomic E-state index is 13.2. The minimum absolute atomic E-state index is 0.0471. The van der Waals surface area contributed by atoms with Gasteiger partial charge in [-0.05, 0) is 12.1 Å². The van der Waals surface area contributed by atoms with E-state index in [0.29, 0.717) is 0 Å². The summed E-state index contributed by atoms with van der Waals surface area (Å²) in [7, 11) is 0. The van der Waals surface area contributed by atoms with Crippen LogP contribution in [0.3, 0.4) is 0 Å². The molecule has 0 aliphatic rings. The summed E-state index contributed by atoms with van der Waals surface area (Å²) >= 11 is 0. The van der Waals surface area contributed by atoms with E-state index in [1.54, 1.807) is 0 Å². The van der Waals surface area contributed by atoms with Crippen molar-refractivity contribution < 1.29 is 14.3 Å². The van der Waals surface area contributed by atoms with Crippen LogP contribution in [0.4, 0.5) is 4.39 Å². The predicted octanol–water partition coefficient (Wildman–Crippen LogP) is 0.620. The quantitative estimate of drug-likeness (QED) is 0.808. The number of carboxylic acids is 1. The highest BCUT2D eigenvalue weighted by atomic mass is 19.1. The number of carbonyl (C=O) groups is 1. The molecule has 1 heterocycles. The van der Waals surface area contributed by atoms with E-state index in [1.165, 1.54) is 18.2 Å². The van der Waals surface area contributed by atoms with Crippen LogP contribution in [0, 0.1) is 5.82 Å². The van der Waals surface area contributed by atoms with Crippen molar-refractivity contribution >= 4 is 16.9 Å². The first-order valence-electron chi connectivity index (χ1n) is 4.45. The third-order valence-electron chi connectivity index (χ3n) is 2.11. The van der Waals surface area contributed by atoms with Gasteiger partial charge in [0.2, 0.25) is 0 Å². The van der Waals surface area contributed by atoms with Crippen LogP contribution in [0.2, 0.25) is 0 Å². The molecule has 0 radical (unpaired) electrons. The summed E-state index contributed by atoms with van der Waals surface area (Å²) in [4.78, 5) is 25.9. The Morgan fingerprint density at radius 2 is 2.25 bits per heavy atom. The zero-order valence-corrected chi connectivity index (χ0v) is 8.05. The summed E-state index contributed by atoms with van der Waals surface area (Å²) in [5, 5.41) is 8.63. The van der Waals surface area contributed by atoms with Gasteiger partial charge in [-0.1, -0.05) is 6.07 Å². The lowest BCUT2D eigenvalue weighted by Crippen LogP contribution is -2.24. The van der Waals surface area contributed by atoms with Crippen molar-refractivity contribution in [1.82, 2.24) is 9.55 Å². The lowest BCUT2D eigenvalue weighted by Gasteiger charge is -2.03. The van der Waals surface area contributed by atoms with Crippen LogP contribution in [0.15, 0.2) is 29.3 Å². The lowest BCUT2D eigenvalue weighted by molar-refractivity contribution is -0.137. The Labute approximate surface area is 88.8 Å². The molecule has 1 aromatic carbocycles. The van der Waals surface area contributed by atoms with Crippen LogP contribution >= 0.6 is 0 Å². The van der Waals surface area contributed by atoms with Crippen molar-refractivity contribution in [3.63, 3.8) is 0 Å². The van der Waals surface area contributed by atoms with E-state index in [-0.39, 0.29) is 10.9 Å². The minimum Gasteiger partial charge on any atom is -0.480 e. The molecule has 0 fully saturated rings. The van der Waals surface area contributed by atoms with Gasteiger partial charge in [0, 0.05) is 0 Å². The fourth-order valence-electron chi connectivity index (χ4n) is 1.41. The van der Waals surface area contributed by atoms with Gasteiger partial charge in [-0.25, -0.2) is 9.37 Å². The number of fused-ring (bicyclic) bond motifs is 1. The van der Waals surface area contributed by atoms with Gasteiger partial charge in [-0.3, -0.25) is 14.2 Å². The number of para-hydroxylation sites is 1. The van der Waals surface area contributed by atoms with Crippen molar-refractivity contribution in [3.8, 4) is 0 Å². The van der Waals surface area contributed by atoms with Crippen molar-refractivity contribution in [3.05, 3.63) is 40.7 Å². The fourth-order valence-corrected chi connectivity index (χ4v) is 1.41. The number of hydrogen-bond acceptors (Lipinski definition) is 3. The maximum Gasteiger partial charge on any atom is 0.323 e. The van der Waals surface area contributed by atoms with Crippen LogP contribution in [0.25, 0.3) is 10.9 Å². The maximum atomic E-state index is 13.2. The summed E-state index contributed by atoms with van der Waals surface area (Å²) in [6, 6.07) is 3.98. The molecule has 2 aromatic rings. The van der Waals surface area contributed by atoms with Crippen LogP contribution in [0.5, 0.6) is 0 Å². The van der Waals surface area contributed by atoms with Crippen LogP contribution in [-0.2, 0) is 11.3 Å². The van der Waals surface area contributed by atoms with Gasteiger partial charge in [0.1, 0.15) is 17.9 Å². The highest BCUT2D eigenvalue weighted by Crippen LogP contribution is 2.10. The largest absolute Gasteiger partial charge is 0.480 e. The van der Waals surface area contributed by atoms with Gasteiger partial charge in [0.05, 0.1) is 11.7 Å². The number of nitrogens with zero attached hydrogens (tertiary/aromatic N) is 2. The van der Waals surface area contributed by atoms with Gasteiger partial charge in [-0.2, -0.15) is 0 Å². The molecule has 0 spiro atoms. The van der Waals surface area contributed by atoms with E-state index in [4.69, 9.17) is 5.11 Å². The number of halogens is 1. The standard InChI is InChI=1S/C10H7FN2O3/c11-7-3-1-2-6-9(7)12-5-13(10(6)16)4-8(14)15/h1-3,5H,4H2,(H,14,15). The second-order valence-corrected chi connectivity index (χ2v) is 3.21. The SMILES string of the molecule is O=C(O)Cn1cnc2c(F)cccc2c1=O. The van der Waals surface area contributed by atoms with Gasteiger partial charge in [0.15, 0.2) is 0 Å². The molecule has 0 saturated heterocycles. The molecule has 0 bridgehead atoms. The smallest absolute Gasteiger partial charge is 0.323 e. The molecule has 82 valence electrons. The molecule has 1 N–H and O–H groups in total. The average Bonchev–Trinajstić information content (AvgIpc) is 2.23. The predicted molar refractivity (Wildman–Crippen MR) is 53.6 cm³/mol. The summed E-state index contributed by atoms with van der Waals surface area (Å²) in [5.41, 5.74) is -0.610. The number of hydrogen-bond donors (Lipinski definition) is 1. The van der Waals surface area contributed by atoms with Gasteiger partial charge < -0.3 is 5.11 Å². The van der Waals surface area contributed by atoms with Crippen LogP contribution in [-0.4, -0.2) is 20.6 Å². The second kappa shape index (κ2) is 3.73. The highest BCUT2D eigenvalue weighted by molar-refractivity contribution is 5.78. The highest BCUT2D eigenvalue weighted by Gasteiger charge is 2.09. The zero-order chi connectivity index (χ0) is 11.7. The van der Waals surface area contributed by atoms with Gasteiger partial charge in [-0.15, -0.1) is 0 Å². The molecule has 0 saturated carbocycles. The number of benzene rings is 1. The Bertz CT molecular complexity index is 621. The van der Waals surface area contributed by atoms with Crippen molar-refractivity contribution in [1.29, 1.82) is 0 Å². The first-order chi connectivity index (χ1) is 7.59. The topological polar surface area (TPSA) is 72.2 Å². The number of aromatic nitrogens is 2. The molecular weight excluding hydrogens is 215 g/mol. The third kappa shape index (κ3) is 1.65. The molecule has 0 amide bonds. The van der Waals surface area contributed by atoms with E-state index >= 15 is 0 Å². The molecule has 1 aromatic heterocycles. The van der Waals surface area contributed by atoms with Gasteiger partial charge >= 0.3 is 5.97 Å².